The average Bonchev–Trinajstić information content (AvgIpc) is 3.56. The van der Waals surface area contributed by atoms with Crippen molar-refractivity contribution in [2.24, 2.45) is 17.3 Å². The first-order valence-corrected chi connectivity index (χ1v) is 18.9. The Labute approximate surface area is 331 Å². The number of hydrogen-bond acceptors (Lipinski definition) is 3. The van der Waals surface area contributed by atoms with Gasteiger partial charge in [0.05, 0.1) is 5.69 Å². The maximum Gasteiger partial charge on any atom is 2.00 e. The van der Waals surface area contributed by atoms with Gasteiger partial charge in [0, 0.05) is 40.4 Å². The molecule has 3 heterocycles. The number of aryl methyl sites for hydroxylation is 1. The number of pyridine rings is 1. The molecule has 1 aliphatic rings. The monoisotopic (exact) mass is 885 g/mol. The summed E-state index contributed by atoms with van der Waals surface area (Å²) in [7, 11) is 0. The van der Waals surface area contributed by atoms with Crippen LogP contribution in [0.1, 0.15) is 116 Å². The van der Waals surface area contributed by atoms with Crippen LogP contribution in [0.4, 0.5) is 0 Å². The van der Waals surface area contributed by atoms with Gasteiger partial charge in [-0.15, -0.1) is 41.3 Å². The van der Waals surface area contributed by atoms with Gasteiger partial charge >= 0.3 is 21.1 Å². The Bertz CT molecular complexity index is 2330. The molecule has 7 rings (SSSR count). The molecule has 1 unspecified atom stereocenters. The van der Waals surface area contributed by atoms with Gasteiger partial charge < -0.3 is 9.30 Å². The molecule has 6 heteroatoms. The Balaban J connectivity index is 0.00000481. The summed E-state index contributed by atoms with van der Waals surface area (Å²) in [5.74, 6) is 3.90. The zero-order chi connectivity index (χ0) is 37.3. The number of fused-ring (bicyclic) bond motifs is 3. The van der Waals surface area contributed by atoms with Gasteiger partial charge in [-0.1, -0.05) is 97.7 Å². The van der Waals surface area contributed by atoms with Gasteiger partial charge in [0.15, 0.2) is 0 Å². The summed E-state index contributed by atoms with van der Waals surface area (Å²) in [5.41, 5.74) is 10.6. The van der Waals surface area contributed by atoms with Gasteiger partial charge in [-0.3, -0.25) is 4.68 Å². The summed E-state index contributed by atoms with van der Waals surface area (Å²) in [6.45, 7) is 27.3. The van der Waals surface area contributed by atoms with E-state index in [-0.39, 0.29) is 31.9 Å². The van der Waals surface area contributed by atoms with Gasteiger partial charge in [0.2, 0.25) is 0 Å². The van der Waals surface area contributed by atoms with E-state index in [2.05, 4.69) is 165 Å². The minimum atomic E-state index is -0.00481. The summed E-state index contributed by atoms with van der Waals surface area (Å²) in [4.78, 5) is 4.84. The molecule has 0 saturated carbocycles. The van der Waals surface area contributed by atoms with Crippen LogP contribution in [0, 0.1) is 43.2 Å². The molecule has 3 aromatic carbocycles. The number of allylic oxidation sites excluding steroid dienone is 2. The van der Waals surface area contributed by atoms with E-state index in [1.807, 2.05) is 12.3 Å². The molecule has 53 heavy (non-hydrogen) atoms. The Hall–Kier alpha value is -3.95. The molecule has 278 valence electrons. The SMILES string of the molecule is CC1=C[C@H](C(C)(C)C)C[C@H](C)C1c1c(C)nn(-c2[c-]c(Oc3[c-]c4c(cc3)c3ccccc3n4-c3cc(C(C)(C)C)ccn3)cc(C(C)C)c2)c1C.[Pt+2]. The maximum atomic E-state index is 6.68. The van der Waals surface area contributed by atoms with Crippen LogP contribution in [0.3, 0.4) is 0 Å². The molecular weight excluding hydrogens is 832 g/mol. The van der Waals surface area contributed by atoms with Crippen LogP contribution in [0.5, 0.6) is 11.5 Å². The van der Waals surface area contributed by atoms with Crippen molar-refractivity contribution >= 4 is 21.8 Å². The second kappa shape index (κ2) is 14.4. The number of rotatable bonds is 6. The van der Waals surface area contributed by atoms with Crippen molar-refractivity contribution in [2.75, 3.05) is 0 Å². The van der Waals surface area contributed by atoms with Crippen LogP contribution in [0.25, 0.3) is 33.3 Å². The number of ether oxygens (including phenoxy) is 1. The van der Waals surface area contributed by atoms with E-state index in [4.69, 9.17) is 14.8 Å². The van der Waals surface area contributed by atoms with Crippen molar-refractivity contribution in [1.29, 1.82) is 0 Å². The van der Waals surface area contributed by atoms with E-state index in [0.29, 0.717) is 35.2 Å². The molecule has 0 aliphatic heterocycles. The van der Waals surface area contributed by atoms with Gasteiger partial charge in [0.1, 0.15) is 5.82 Å². The molecule has 0 N–H and O–H groups in total. The van der Waals surface area contributed by atoms with Crippen molar-refractivity contribution in [3.8, 4) is 23.0 Å². The zero-order valence-corrected chi connectivity index (χ0v) is 35.7. The van der Waals surface area contributed by atoms with Crippen molar-refractivity contribution in [2.45, 2.75) is 107 Å². The standard InChI is InChI=1S/C47H54N4O.Pt/c1-28(2)33-23-36(51-32(6)45(31(5)49-51)44-29(3)21-35(22-30(44)4)47(10,11)12)26-38(24-33)52-37-17-18-40-39-15-13-14-16-41(39)50(42(40)27-37)43-25-34(19-20-48-43)46(7,8)9;/h13-21,23-25,28,30,35,44H,22H2,1-12H3;/q-2;+2/t30-,35-,44?;/m0./s1. The van der Waals surface area contributed by atoms with Crippen molar-refractivity contribution < 1.29 is 25.8 Å². The van der Waals surface area contributed by atoms with Crippen molar-refractivity contribution in [3.63, 3.8) is 0 Å². The minimum Gasteiger partial charge on any atom is -0.509 e. The minimum absolute atomic E-state index is 0. The second-order valence-electron chi connectivity index (χ2n) is 17.6. The fraction of sp³-hybridized carbons (Fsp3) is 0.404. The first-order valence-electron chi connectivity index (χ1n) is 18.9. The predicted octanol–water partition coefficient (Wildman–Crippen LogP) is 12.5. The van der Waals surface area contributed by atoms with Crippen LogP contribution >= 0.6 is 0 Å². The molecule has 0 spiro atoms. The maximum absolute atomic E-state index is 6.68. The van der Waals surface area contributed by atoms with E-state index >= 15 is 0 Å². The molecule has 5 nitrogen and oxygen atoms in total. The molecule has 0 amide bonds. The van der Waals surface area contributed by atoms with Gasteiger partial charge in [-0.05, 0) is 90.6 Å². The third-order valence-corrected chi connectivity index (χ3v) is 11.3. The van der Waals surface area contributed by atoms with Crippen molar-refractivity contribution in [1.82, 2.24) is 19.3 Å². The van der Waals surface area contributed by atoms with E-state index in [1.165, 1.54) is 34.4 Å². The number of nitrogens with zero attached hydrogens (tertiary/aromatic N) is 4. The largest absolute Gasteiger partial charge is 2.00 e. The smallest absolute Gasteiger partial charge is 0.509 e. The molecular formula is C47H54N4OPt. The molecule has 3 aromatic heterocycles. The van der Waals surface area contributed by atoms with Crippen LogP contribution in [-0.2, 0) is 26.5 Å². The first kappa shape index (κ1) is 38.8. The van der Waals surface area contributed by atoms with E-state index in [1.54, 1.807) is 0 Å². The fourth-order valence-electron chi connectivity index (χ4n) is 8.28. The Morgan fingerprint density at radius 3 is 2.28 bits per heavy atom. The summed E-state index contributed by atoms with van der Waals surface area (Å²) in [5, 5.41) is 7.43. The van der Waals surface area contributed by atoms with E-state index in [0.717, 1.165) is 39.0 Å². The third kappa shape index (κ3) is 7.31. The number of hydrogen-bond donors (Lipinski definition) is 0. The predicted molar refractivity (Wildman–Crippen MR) is 215 cm³/mol. The normalized spacial score (nSPS) is 18.1. The second-order valence-corrected chi connectivity index (χ2v) is 17.6. The third-order valence-electron chi connectivity index (χ3n) is 11.3. The van der Waals surface area contributed by atoms with Gasteiger partial charge in [-0.2, -0.15) is 11.2 Å². The molecule has 0 saturated heterocycles. The molecule has 6 aromatic rings. The quantitative estimate of drug-likeness (QED) is 0.124. The zero-order valence-electron chi connectivity index (χ0n) is 33.5. The summed E-state index contributed by atoms with van der Waals surface area (Å²) < 4.78 is 11.0. The Morgan fingerprint density at radius 2 is 1.60 bits per heavy atom. The van der Waals surface area contributed by atoms with Crippen LogP contribution in [-0.4, -0.2) is 19.3 Å². The average molecular weight is 886 g/mol. The van der Waals surface area contributed by atoms with Crippen molar-refractivity contribution in [3.05, 3.63) is 119 Å². The molecule has 1 aliphatic carbocycles. The van der Waals surface area contributed by atoms with Gasteiger partial charge in [-0.25, -0.2) is 4.98 Å². The summed E-state index contributed by atoms with van der Waals surface area (Å²) >= 11 is 0. The van der Waals surface area contributed by atoms with Gasteiger partial charge in [0.25, 0.3) is 0 Å². The molecule has 3 atom stereocenters. The number of benzene rings is 3. The first-order chi connectivity index (χ1) is 24.5. The summed E-state index contributed by atoms with van der Waals surface area (Å²) in [6, 6.07) is 28.5. The van der Waals surface area contributed by atoms with Crippen LogP contribution in [0.15, 0.2) is 78.5 Å². The fourth-order valence-corrected chi connectivity index (χ4v) is 8.28. The molecule has 0 fully saturated rings. The molecule has 0 radical (unpaired) electrons. The van der Waals surface area contributed by atoms with E-state index < -0.39 is 0 Å². The Morgan fingerprint density at radius 1 is 0.868 bits per heavy atom. The van der Waals surface area contributed by atoms with Crippen LogP contribution < -0.4 is 4.74 Å². The Kier molecular flexibility index (Phi) is 10.5. The number of aromatic nitrogens is 4. The topological polar surface area (TPSA) is 44.9 Å². The number of para-hydroxylation sites is 1. The van der Waals surface area contributed by atoms with E-state index in [9.17, 15) is 0 Å². The summed E-state index contributed by atoms with van der Waals surface area (Å²) in [6.07, 6.45) is 5.62. The van der Waals surface area contributed by atoms with Crippen LogP contribution in [0.2, 0.25) is 0 Å². The molecule has 0 bridgehead atoms.